The Hall–Kier alpha value is -1.29. The number of nitrogens with zero attached hydrogens (tertiary/aromatic N) is 1. The van der Waals surface area contributed by atoms with Crippen LogP contribution in [0.2, 0.25) is 0 Å². The van der Waals surface area contributed by atoms with Gasteiger partial charge < -0.3 is 15.0 Å². The summed E-state index contributed by atoms with van der Waals surface area (Å²) in [4.78, 5) is 12.1. The summed E-state index contributed by atoms with van der Waals surface area (Å²) >= 11 is 0. The van der Waals surface area contributed by atoms with E-state index in [1.807, 2.05) is 22.9 Å². The minimum Gasteiger partial charge on any atom is -0.388 e. The topological polar surface area (TPSA) is 54.3 Å². The number of amides is 1. The Labute approximate surface area is 108 Å². The van der Waals surface area contributed by atoms with Crippen molar-refractivity contribution in [1.82, 2.24) is 9.88 Å². The lowest BCUT2D eigenvalue weighted by Gasteiger charge is -2.22. The highest BCUT2D eigenvalue weighted by Crippen LogP contribution is 2.28. The second kappa shape index (κ2) is 5.57. The first-order valence-electron chi connectivity index (χ1n) is 6.80. The molecule has 0 aromatic carbocycles. The molecule has 1 aromatic heterocycles. The molecule has 18 heavy (non-hydrogen) atoms. The van der Waals surface area contributed by atoms with Crippen molar-refractivity contribution < 1.29 is 9.90 Å². The van der Waals surface area contributed by atoms with Gasteiger partial charge in [0.15, 0.2) is 0 Å². The highest BCUT2D eigenvalue weighted by Gasteiger charge is 2.31. The summed E-state index contributed by atoms with van der Waals surface area (Å²) in [5.41, 5.74) is -0.00358. The highest BCUT2D eigenvalue weighted by atomic mass is 16.3. The van der Waals surface area contributed by atoms with Gasteiger partial charge in [-0.15, -0.1) is 0 Å². The van der Waals surface area contributed by atoms with E-state index in [-0.39, 0.29) is 5.91 Å². The molecular formula is C14H22N2O2. The number of aliphatic hydroxyl groups is 1. The summed E-state index contributed by atoms with van der Waals surface area (Å²) in [6, 6.07) is 3.71. The van der Waals surface area contributed by atoms with Gasteiger partial charge in [-0.3, -0.25) is 4.79 Å². The van der Waals surface area contributed by atoms with Crippen molar-refractivity contribution in [3.63, 3.8) is 0 Å². The summed E-state index contributed by atoms with van der Waals surface area (Å²) in [6.07, 6.45) is 6.62. The third kappa shape index (κ3) is 2.93. The fourth-order valence-corrected chi connectivity index (χ4v) is 2.60. The molecule has 0 aliphatic heterocycles. The average Bonchev–Trinajstić information content (AvgIpc) is 2.97. The number of rotatable bonds is 5. The van der Waals surface area contributed by atoms with Crippen molar-refractivity contribution in [2.75, 3.05) is 6.54 Å². The molecular weight excluding hydrogens is 228 g/mol. The SMILES string of the molecule is CCCn1cccc1C(=O)NCC1(O)CCCC1. The number of carbonyl (C=O) groups is 1. The van der Waals surface area contributed by atoms with Gasteiger partial charge in [0.05, 0.1) is 5.60 Å². The molecule has 100 valence electrons. The first kappa shape index (κ1) is 13.1. The Morgan fingerprint density at radius 2 is 2.22 bits per heavy atom. The third-order valence-corrected chi connectivity index (χ3v) is 3.64. The smallest absolute Gasteiger partial charge is 0.268 e. The number of aromatic nitrogens is 1. The minimum absolute atomic E-state index is 0.0891. The third-order valence-electron chi connectivity index (χ3n) is 3.64. The van der Waals surface area contributed by atoms with Crippen LogP contribution in [0.5, 0.6) is 0 Å². The Balaban J connectivity index is 1.93. The zero-order valence-electron chi connectivity index (χ0n) is 11.0. The van der Waals surface area contributed by atoms with E-state index in [1.54, 1.807) is 0 Å². The van der Waals surface area contributed by atoms with E-state index < -0.39 is 5.60 Å². The average molecular weight is 250 g/mol. The zero-order chi connectivity index (χ0) is 13.0. The molecule has 1 aliphatic rings. The molecule has 2 rings (SSSR count). The molecule has 1 amide bonds. The van der Waals surface area contributed by atoms with E-state index >= 15 is 0 Å². The largest absolute Gasteiger partial charge is 0.388 e. The van der Waals surface area contributed by atoms with E-state index in [0.29, 0.717) is 12.2 Å². The van der Waals surface area contributed by atoms with E-state index in [0.717, 1.165) is 38.6 Å². The lowest BCUT2D eigenvalue weighted by molar-refractivity contribution is 0.0447. The lowest BCUT2D eigenvalue weighted by atomic mass is 10.0. The summed E-state index contributed by atoms with van der Waals surface area (Å²) in [5, 5.41) is 13.0. The van der Waals surface area contributed by atoms with E-state index in [4.69, 9.17) is 0 Å². The van der Waals surface area contributed by atoms with Gasteiger partial charge in [0, 0.05) is 19.3 Å². The van der Waals surface area contributed by atoms with E-state index in [1.165, 1.54) is 0 Å². The molecule has 1 saturated carbocycles. The summed E-state index contributed by atoms with van der Waals surface area (Å²) in [7, 11) is 0. The molecule has 0 bridgehead atoms. The molecule has 0 atom stereocenters. The van der Waals surface area contributed by atoms with Crippen LogP contribution in [0.15, 0.2) is 18.3 Å². The van der Waals surface area contributed by atoms with Crippen LogP contribution in [-0.2, 0) is 6.54 Å². The van der Waals surface area contributed by atoms with Gasteiger partial charge >= 0.3 is 0 Å². The van der Waals surface area contributed by atoms with E-state index in [9.17, 15) is 9.90 Å². The van der Waals surface area contributed by atoms with Crippen LogP contribution in [0.1, 0.15) is 49.5 Å². The van der Waals surface area contributed by atoms with Gasteiger partial charge in [-0.1, -0.05) is 19.8 Å². The summed E-state index contributed by atoms with van der Waals surface area (Å²) in [6.45, 7) is 3.30. The van der Waals surface area contributed by atoms with Crippen molar-refractivity contribution in [1.29, 1.82) is 0 Å². The highest BCUT2D eigenvalue weighted by molar-refractivity contribution is 5.92. The van der Waals surface area contributed by atoms with Gasteiger partial charge in [0.2, 0.25) is 0 Å². The quantitative estimate of drug-likeness (QED) is 0.839. The van der Waals surface area contributed by atoms with Gasteiger partial charge in [-0.2, -0.15) is 0 Å². The Morgan fingerprint density at radius 1 is 1.50 bits per heavy atom. The number of hydrogen-bond donors (Lipinski definition) is 2. The Kier molecular flexibility index (Phi) is 4.07. The second-order valence-corrected chi connectivity index (χ2v) is 5.20. The standard InChI is InChI=1S/C14H22N2O2/c1-2-9-16-10-5-6-12(16)13(17)15-11-14(18)7-3-4-8-14/h5-6,10,18H,2-4,7-9,11H2,1H3,(H,15,17). The first-order chi connectivity index (χ1) is 8.64. The monoisotopic (exact) mass is 250 g/mol. The van der Waals surface area contributed by atoms with Crippen molar-refractivity contribution >= 4 is 5.91 Å². The van der Waals surface area contributed by atoms with Crippen molar-refractivity contribution in [2.24, 2.45) is 0 Å². The summed E-state index contributed by atoms with van der Waals surface area (Å²) < 4.78 is 1.95. The molecule has 1 aromatic rings. The first-order valence-corrected chi connectivity index (χ1v) is 6.80. The van der Waals surface area contributed by atoms with Crippen LogP contribution in [0.4, 0.5) is 0 Å². The summed E-state index contributed by atoms with van der Waals surface area (Å²) in [5.74, 6) is -0.0891. The van der Waals surface area contributed by atoms with Crippen molar-refractivity contribution in [3.05, 3.63) is 24.0 Å². The lowest BCUT2D eigenvalue weighted by Crippen LogP contribution is -2.41. The molecule has 2 N–H and O–H groups in total. The van der Waals surface area contributed by atoms with Crippen LogP contribution in [0.25, 0.3) is 0 Å². The van der Waals surface area contributed by atoms with Crippen molar-refractivity contribution in [2.45, 2.75) is 51.2 Å². The Morgan fingerprint density at radius 3 is 2.89 bits per heavy atom. The van der Waals surface area contributed by atoms with Crippen LogP contribution >= 0.6 is 0 Å². The molecule has 4 nitrogen and oxygen atoms in total. The molecule has 1 aliphatic carbocycles. The zero-order valence-corrected chi connectivity index (χ0v) is 11.0. The fraction of sp³-hybridized carbons (Fsp3) is 0.643. The minimum atomic E-state index is -0.683. The maximum Gasteiger partial charge on any atom is 0.268 e. The molecule has 0 radical (unpaired) electrons. The predicted octanol–water partition coefficient (Wildman–Crippen LogP) is 1.93. The van der Waals surface area contributed by atoms with Crippen LogP contribution < -0.4 is 5.32 Å². The fourth-order valence-electron chi connectivity index (χ4n) is 2.60. The molecule has 0 saturated heterocycles. The predicted molar refractivity (Wildman–Crippen MR) is 70.5 cm³/mol. The molecule has 1 fully saturated rings. The maximum atomic E-state index is 12.1. The van der Waals surface area contributed by atoms with Gasteiger partial charge in [-0.25, -0.2) is 0 Å². The van der Waals surface area contributed by atoms with Gasteiger partial charge in [-0.05, 0) is 31.4 Å². The molecule has 0 unspecified atom stereocenters. The van der Waals surface area contributed by atoms with Crippen LogP contribution in [0, 0.1) is 0 Å². The van der Waals surface area contributed by atoms with E-state index in [2.05, 4.69) is 12.2 Å². The van der Waals surface area contributed by atoms with Crippen LogP contribution in [0.3, 0.4) is 0 Å². The normalized spacial score (nSPS) is 17.9. The maximum absolute atomic E-state index is 12.1. The Bertz CT molecular complexity index is 406. The number of nitrogens with one attached hydrogen (secondary N) is 1. The molecule has 0 spiro atoms. The second-order valence-electron chi connectivity index (χ2n) is 5.20. The van der Waals surface area contributed by atoms with Crippen molar-refractivity contribution in [3.8, 4) is 0 Å². The van der Waals surface area contributed by atoms with Gasteiger partial charge in [0.1, 0.15) is 5.69 Å². The van der Waals surface area contributed by atoms with Crippen LogP contribution in [-0.4, -0.2) is 27.7 Å². The number of carbonyl (C=O) groups excluding carboxylic acids is 1. The molecule has 1 heterocycles. The number of aryl methyl sites for hydroxylation is 1. The molecule has 4 heteroatoms. The number of hydrogen-bond acceptors (Lipinski definition) is 2. The van der Waals surface area contributed by atoms with Gasteiger partial charge in [0.25, 0.3) is 5.91 Å².